The Hall–Kier alpha value is -3.09. The van der Waals surface area contributed by atoms with Gasteiger partial charge in [-0.15, -0.1) is 5.10 Å². The quantitative estimate of drug-likeness (QED) is 0.772. The Kier molecular flexibility index (Phi) is 3.86. The number of aromatic nitrogens is 3. The molecule has 0 aliphatic carbocycles. The molecule has 0 fully saturated rings. The number of nitrogens with one attached hydrogen (secondary N) is 1. The van der Waals surface area contributed by atoms with Crippen LogP contribution in [0.1, 0.15) is 0 Å². The molecule has 0 spiro atoms. The Balaban J connectivity index is 1.60. The number of hydrogen-bond donors (Lipinski definition) is 1. The lowest BCUT2D eigenvalue weighted by molar-refractivity contribution is -0.121. The molecule has 1 heterocycles. The van der Waals surface area contributed by atoms with E-state index in [2.05, 4.69) is 15.6 Å². The van der Waals surface area contributed by atoms with Gasteiger partial charge in [-0.25, -0.2) is 0 Å². The zero-order chi connectivity index (χ0) is 15.4. The Bertz CT molecular complexity index is 783. The molecule has 0 atom stereocenters. The summed E-state index contributed by atoms with van der Waals surface area (Å²) in [7, 11) is 1.59. The predicted molar refractivity (Wildman–Crippen MR) is 80.6 cm³/mol. The highest BCUT2D eigenvalue weighted by atomic mass is 16.7. The van der Waals surface area contributed by atoms with E-state index in [1.807, 2.05) is 24.3 Å². The van der Waals surface area contributed by atoms with E-state index < -0.39 is 0 Å². The summed E-state index contributed by atoms with van der Waals surface area (Å²) in [5, 5.41) is 10.5. The SMILES string of the molecule is COc1ccc(NC(=O)COn2nnc3ccccc32)cc1. The molecule has 3 rings (SSSR count). The molecular weight excluding hydrogens is 284 g/mol. The fraction of sp³-hybridized carbons (Fsp3) is 0.133. The number of carbonyl (C=O) groups excluding carboxylic acids is 1. The van der Waals surface area contributed by atoms with Gasteiger partial charge in [-0.05, 0) is 41.6 Å². The number of carbonyl (C=O) groups is 1. The van der Waals surface area contributed by atoms with E-state index in [0.29, 0.717) is 16.7 Å². The highest BCUT2D eigenvalue weighted by molar-refractivity contribution is 5.91. The van der Waals surface area contributed by atoms with Crippen molar-refractivity contribution in [2.45, 2.75) is 0 Å². The van der Waals surface area contributed by atoms with Crippen molar-refractivity contribution >= 4 is 22.6 Å². The summed E-state index contributed by atoms with van der Waals surface area (Å²) < 4.78 is 5.06. The third-order valence-electron chi connectivity index (χ3n) is 3.01. The number of para-hydroxylation sites is 1. The maximum atomic E-state index is 11.9. The predicted octanol–water partition coefficient (Wildman–Crippen LogP) is 1.51. The van der Waals surface area contributed by atoms with Crippen molar-refractivity contribution in [3.8, 4) is 5.75 Å². The summed E-state index contributed by atoms with van der Waals surface area (Å²) in [6.45, 7) is -0.167. The fourth-order valence-electron chi connectivity index (χ4n) is 1.93. The molecule has 1 aromatic heterocycles. The van der Waals surface area contributed by atoms with E-state index in [-0.39, 0.29) is 12.5 Å². The zero-order valence-electron chi connectivity index (χ0n) is 11.9. The van der Waals surface area contributed by atoms with Gasteiger partial charge in [0.2, 0.25) is 0 Å². The second-order valence-electron chi connectivity index (χ2n) is 4.50. The minimum atomic E-state index is -0.287. The van der Waals surface area contributed by atoms with Gasteiger partial charge >= 0.3 is 0 Å². The molecule has 22 heavy (non-hydrogen) atoms. The molecule has 0 aliphatic heterocycles. The summed E-state index contributed by atoms with van der Waals surface area (Å²) >= 11 is 0. The average Bonchev–Trinajstić information content (AvgIpc) is 2.97. The first-order valence-electron chi connectivity index (χ1n) is 6.64. The molecule has 1 amide bonds. The highest BCUT2D eigenvalue weighted by Crippen LogP contribution is 2.14. The first-order valence-corrected chi connectivity index (χ1v) is 6.64. The standard InChI is InChI=1S/C15H14N4O3/c1-21-12-8-6-11(7-9-12)16-15(20)10-22-19-14-5-3-2-4-13(14)17-18-19/h2-9H,10H2,1H3,(H,16,20). The van der Waals surface area contributed by atoms with E-state index >= 15 is 0 Å². The lowest BCUT2D eigenvalue weighted by atomic mass is 10.3. The molecule has 0 aliphatic rings. The van der Waals surface area contributed by atoms with Crippen LogP contribution in [0.15, 0.2) is 48.5 Å². The Morgan fingerprint density at radius 1 is 1.18 bits per heavy atom. The maximum absolute atomic E-state index is 11.9. The molecule has 112 valence electrons. The van der Waals surface area contributed by atoms with Crippen LogP contribution in [0.2, 0.25) is 0 Å². The second-order valence-corrected chi connectivity index (χ2v) is 4.50. The molecule has 3 aromatic rings. The average molecular weight is 298 g/mol. The molecular formula is C15H14N4O3. The number of ether oxygens (including phenoxy) is 1. The van der Waals surface area contributed by atoms with Crippen LogP contribution >= 0.6 is 0 Å². The van der Waals surface area contributed by atoms with Crippen molar-refractivity contribution in [2.24, 2.45) is 0 Å². The van der Waals surface area contributed by atoms with E-state index in [0.717, 1.165) is 5.75 Å². The molecule has 0 saturated heterocycles. The topological polar surface area (TPSA) is 78.3 Å². The van der Waals surface area contributed by atoms with Crippen LogP contribution in [-0.2, 0) is 4.79 Å². The van der Waals surface area contributed by atoms with Crippen molar-refractivity contribution in [1.29, 1.82) is 0 Å². The summed E-state index contributed by atoms with van der Waals surface area (Å²) in [5.41, 5.74) is 2.08. The summed E-state index contributed by atoms with van der Waals surface area (Å²) in [6.07, 6.45) is 0. The van der Waals surface area contributed by atoms with Crippen LogP contribution in [0.4, 0.5) is 5.69 Å². The fourth-order valence-corrected chi connectivity index (χ4v) is 1.93. The van der Waals surface area contributed by atoms with Crippen LogP contribution in [0.5, 0.6) is 5.75 Å². The molecule has 0 bridgehead atoms. The maximum Gasteiger partial charge on any atom is 0.265 e. The number of rotatable bonds is 5. The van der Waals surface area contributed by atoms with Crippen molar-refractivity contribution in [3.05, 3.63) is 48.5 Å². The lowest BCUT2D eigenvalue weighted by Gasteiger charge is -2.07. The number of amides is 1. The van der Waals surface area contributed by atoms with Gasteiger partial charge in [-0.3, -0.25) is 4.79 Å². The number of nitrogens with zero attached hydrogens (tertiary/aromatic N) is 3. The van der Waals surface area contributed by atoms with Gasteiger partial charge in [-0.1, -0.05) is 17.0 Å². The lowest BCUT2D eigenvalue weighted by Crippen LogP contribution is -2.26. The number of methoxy groups -OCH3 is 1. The molecule has 0 saturated carbocycles. The van der Waals surface area contributed by atoms with Gasteiger partial charge in [-0.2, -0.15) is 0 Å². The normalized spacial score (nSPS) is 10.4. The second kappa shape index (κ2) is 6.13. The summed E-state index contributed by atoms with van der Waals surface area (Å²) in [5.74, 6) is 0.438. The Morgan fingerprint density at radius 2 is 1.95 bits per heavy atom. The third-order valence-corrected chi connectivity index (χ3v) is 3.01. The van der Waals surface area contributed by atoms with Gasteiger partial charge in [0.1, 0.15) is 16.8 Å². The molecule has 2 aromatic carbocycles. The van der Waals surface area contributed by atoms with Gasteiger partial charge in [0.25, 0.3) is 5.91 Å². The van der Waals surface area contributed by atoms with E-state index in [1.165, 1.54) is 4.85 Å². The first kappa shape index (κ1) is 13.9. The van der Waals surface area contributed by atoms with Gasteiger partial charge in [0.15, 0.2) is 6.61 Å². The van der Waals surface area contributed by atoms with Crippen LogP contribution < -0.4 is 14.9 Å². The number of fused-ring (bicyclic) bond motifs is 1. The minimum absolute atomic E-state index is 0.167. The molecule has 1 N–H and O–H groups in total. The van der Waals surface area contributed by atoms with Crippen LogP contribution in [0.3, 0.4) is 0 Å². The largest absolute Gasteiger partial charge is 0.497 e. The molecule has 7 nitrogen and oxygen atoms in total. The third kappa shape index (κ3) is 2.98. The molecule has 0 unspecified atom stereocenters. The van der Waals surface area contributed by atoms with Crippen molar-refractivity contribution in [2.75, 3.05) is 19.0 Å². The van der Waals surface area contributed by atoms with Crippen molar-refractivity contribution in [3.63, 3.8) is 0 Å². The number of hydrogen-bond acceptors (Lipinski definition) is 5. The van der Waals surface area contributed by atoms with E-state index in [1.54, 1.807) is 31.4 Å². The first-order chi connectivity index (χ1) is 10.8. The van der Waals surface area contributed by atoms with Gasteiger partial charge in [0.05, 0.1) is 7.11 Å². The van der Waals surface area contributed by atoms with Crippen molar-refractivity contribution in [1.82, 2.24) is 15.2 Å². The smallest absolute Gasteiger partial charge is 0.265 e. The Labute approximate surface area is 126 Å². The van der Waals surface area contributed by atoms with Gasteiger partial charge in [0, 0.05) is 5.69 Å². The van der Waals surface area contributed by atoms with Crippen LogP contribution in [0.25, 0.3) is 11.0 Å². The number of anilines is 1. The van der Waals surface area contributed by atoms with Crippen molar-refractivity contribution < 1.29 is 14.4 Å². The monoisotopic (exact) mass is 298 g/mol. The molecule has 7 heteroatoms. The van der Waals surface area contributed by atoms with Gasteiger partial charge < -0.3 is 14.9 Å². The molecule has 0 radical (unpaired) electrons. The van der Waals surface area contributed by atoms with Crippen LogP contribution in [0, 0.1) is 0 Å². The van der Waals surface area contributed by atoms with Crippen LogP contribution in [-0.4, -0.2) is 34.8 Å². The Morgan fingerprint density at radius 3 is 2.73 bits per heavy atom. The summed E-state index contributed by atoms with van der Waals surface area (Å²) in [4.78, 5) is 18.5. The van der Waals surface area contributed by atoms with E-state index in [4.69, 9.17) is 9.57 Å². The highest BCUT2D eigenvalue weighted by Gasteiger charge is 2.07. The zero-order valence-corrected chi connectivity index (χ0v) is 11.9. The summed E-state index contributed by atoms with van der Waals surface area (Å²) in [6, 6.07) is 14.4. The van der Waals surface area contributed by atoms with E-state index in [9.17, 15) is 4.79 Å². The minimum Gasteiger partial charge on any atom is -0.497 e. The number of benzene rings is 2.